The molecule has 1 aliphatic rings. The normalized spacial score (nSPS) is 19.8. The van der Waals surface area contributed by atoms with E-state index in [2.05, 4.69) is 27.1 Å². The molecule has 0 bridgehead atoms. The summed E-state index contributed by atoms with van der Waals surface area (Å²) in [6.07, 6.45) is 3.92. The second kappa shape index (κ2) is 4.97. The summed E-state index contributed by atoms with van der Waals surface area (Å²) in [5, 5.41) is 4.03. The Morgan fingerprint density at radius 3 is 2.95 bits per heavy atom. The summed E-state index contributed by atoms with van der Waals surface area (Å²) in [7, 11) is 3.67. The number of likely N-dealkylation sites (tertiary alicyclic amines) is 1. The molecule has 1 atom stereocenters. The van der Waals surface area contributed by atoms with Crippen molar-refractivity contribution in [2.45, 2.75) is 18.9 Å². The summed E-state index contributed by atoms with van der Waals surface area (Å²) < 4.78 is 10.4. The third-order valence-corrected chi connectivity index (χ3v) is 3.45. The number of aromatic nitrogens is 3. The highest BCUT2D eigenvalue weighted by Crippen LogP contribution is 2.30. The number of hydrogen-bond acceptors (Lipinski definition) is 6. The Hall–Kier alpha value is -1.95. The van der Waals surface area contributed by atoms with Gasteiger partial charge in [0.05, 0.1) is 13.2 Å². The molecule has 6 heteroatoms. The molecule has 1 unspecified atom stereocenters. The highest BCUT2D eigenvalue weighted by atomic mass is 16.5. The van der Waals surface area contributed by atoms with Crippen LogP contribution in [0.15, 0.2) is 22.9 Å². The van der Waals surface area contributed by atoms with E-state index in [-0.39, 0.29) is 6.04 Å². The first-order valence-corrected chi connectivity index (χ1v) is 6.32. The van der Waals surface area contributed by atoms with E-state index >= 15 is 0 Å². The second-order valence-electron chi connectivity index (χ2n) is 4.68. The molecule has 1 fully saturated rings. The zero-order valence-electron chi connectivity index (χ0n) is 11.0. The van der Waals surface area contributed by atoms with E-state index in [4.69, 9.17) is 9.26 Å². The van der Waals surface area contributed by atoms with Crippen LogP contribution in [0.3, 0.4) is 0 Å². The van der Waals surface area contributed by atoms with E-state index in [1.807, 2.05) is 6.07 Å². The van der Waals surface area contributed by atoms with Crippen LogP contribution >= 0.6 is 0 Å². The topological polar surface area (TPSA) is 64.3 Å². The Morgan fingerprint density at radius 1 is 1.42 bits per heavy atom. The summed E-state index contributed by atoms with van der Waals surface area (Å²) in [5.74, 6) is 1.83. The number of hydrogen-bond donors (Lipinski definition) is 0. The van der Waals surface area contributed by atoms with Gasteiger partial charge in [0.25, 0.3) is 0 Å². The molecule has 2 aromatic rings. The van der Waals surface area contributed by atoms with E-state index in [1.165, 1.54) is 6.42 Å². The molecule has 6 nitrogen and oxygen atoms in total. The average Bonchev–Trinajstić information content (AvgIpc) is 3.07. The summed E-state index contributed by atoms with van der Waals surface area (Å²) in [6.45, 7) is 1.08. The molecule has 0 aliphatic carbocycles. The molecule has 0 radical (unpaired) electrons. The molecule has 0 aromatic carbocycles. The van der Waals surface area contributed by atoms with Crippen molar-refractivity contribution in [1.29, 1.82) is 0 Å². The Bertz CT molecular complexity index is 552. The molecule has 0 saturated carbocycles. The third-order valence-electron chi connectivity index (χ3n) is 3.45. The lowest BCUT2D eigenvalue weighted by molar-refractivity contribution is 0.245. The zero-order chi connectivity index (χ0) is 13.2. The van der Waals surface area contributed by atoms with Crippen molar-refractivity contribution >= 4 is 0 Å². The number of pyridine rings is 1. The minimum Gasteiger partial charge on any atom is -0.481 e. The quantitative estimate of drug-likeness (QED) is 0.840. The van der Waals surface area contributed by atoms with Crippen molar-refractivity contribution in [3.05, 3.63) is 24.2 Å². The standard InChI is InChI=1S/C13H16N4O2/c1-17-7-3-4-10(17)13-15-12(16-19-13)9-5-6-11(18-2)14-8-9/h5-6,8,10H,3-4,7H2,1-2H3. The van der Waals surface area contributed by atoms with Gasteiger partial charge in [-0.15, -0.1) is 0 Å². The van der Waals surface area contributed by atoms with Gasteiger partial charge in [0.1, 0.15) is 0 Å². The zero-order valence-corrected chi connectivity index (χ0v) is 11.0. The Kier molecular flexibility index (Phi) is 3.16. The molecule has 0 N–H and O–H groups in total. The Labute approximate surface area is 111 Å². The average molecular weight is 260 g/mol. The van der Waals surface area contributed by atoms with Gasteiger partial charge < -0.3 is 9.26 Å². The fourth-order valence-corrected chi connectivity index (χ4v) is 2.34. The Morgan fingerprint density at radius 2 is 2.32 bits per heavy atom. The van der Waals surface area contributed by atoms with Gasteiger partial charge in [-0.05, 0) is 32.5 Å². The number of nitrogens with zero attached hydrogens (tertiary/aromatic N) is 4. The van der Waals surface area contributed by atoms with Crippen LogP contribution in [-0.2, 0) is 0 Å². The molecular weight excluding hydrogens is 244 g/mol. The van der Waals surface area contributed by atoms with E-state index in [0.29, 0.717) is 17.6 Å². The summed E-state index contributed by atoms with van der Waals surface area (Å²) in [5.41, 5.74) is 0.830. The van der Waals surface area contributed by atoms with Crippen LogP contribution in [0.5, 0.6) is 5.88 Å². The third kappa shape index (κ3) is 2.31. The molecule has 19 heavy (non-hydrogen) atoms. The fraction of sp³-hybridized carbons (Fsp3) is 0.462. The van der Waals surface area contributed by atoms with Gasteiger partial charge in [0.2, 0.25) is 17.6 Å². The van der Waals surface area contributed by atoms with E-state index in [0.717, 1.165) is 18.5 Å². The van der Waals surface area contributed by atoms with Crippen molar-refractivity contribution < 1.29 is 9.26 Å². The van der Waals surface area contributed by atoms with Gasteiger partial charge in [-0.2, -0.15) is 4.98 Å². The number of methoxy groups -OCH3 is 1. The molecular formula is C13H16N4O2. The van der Waals surface area contributed by atoms with Crippen LogP contribution in [0, 0.1) is 0 Å². The number of rotatable bonds is 3. The maximum atomic E-state index is 5.37. The molecule has 3 rings (SSSR count). The van der Waals surface area contributed by atoms with Crippen LogP contribution < -0.4 is 4.74 Å². The van der Waals surface area contributed by atoms with Crippen molar-refractivity contribution in [1.82, 2.24) is 20.0 Å². The van der Waals surface area contributed by atoms with Crippen LogP contribution in [0.1, 0.15) is 24.8 Å². The lowest BCUT2D eigenvalue weighted by Crippen LogP contribution is -2.17. The predicted molar refractivity (Wildman–Crippen MR) is 68.7 cm³/mol. The SMILES string of the molecule is COc1ccc(-c2noc(C3CCCN3C)n2)cn1. The van der Waals surface area contributed by atoms with Gasteiger partial charge in [0.15, 0.2) is 0 Å². The van der Waals surface area contributed by atoms with E-state index < -0.39 is 0 Å². The van der Waals surface area contributed by atoms with Crippen molar-refractivity contribution in [3.8, 4) is 17.3 Å². The van der Waals surface area contributed by atoms with Crippen LogP contribution in [0.2, 0.25) is 0 Å². The highest BCUT2D eigenvalue weighted by molar-refractivity contribution is 5.53. The first kappa shape index (κ1) is 12.1. The molecule has 100 valence electrons. The lowest BCUT2D eigenvalue weighted by Gasteiger charge is -2.14. The summed E-state index contributed by atoms with van der Waals surface area (Å²) in [4.78, 5) is 10.8. The largest absolute Gasteiger partial charge is 0.481 e. The molecule has 0 amide bonds. The Balaban J connectivity index is 1.83. The smallest absolute Gasteiger partial charge is 0.244 e. The van der Waals surface area contributed by atoms with E-state index in [9.17, 15) is 0 Å². The van der Waals surface area contributed by atoms with Crippen molar-refractivity contribution in [3.63, 3.8) is 0 Å². The van der Waals surface area contributed by atoms with Gasteiger partial charge in [-0.25, -0.2) is 4.98 Å². The van der Waals surface area contributed by atoms with Gasteiger partial charge in [-0.3, -0.25) is 4.90 Å². The maximum absolute atomic E-state index is 5.37. The van der Waals surface area contributed by atoms with E-state index in [1.54, 1.807) is 19.4 Å². The van der Waals surface area contributed by atoms with Crippen molar-refractivity contribution in [2.24, 2.45) is 0 Å². The first-order valence-electron chi connectivity index (χ1n) is 6.32. The second-order valence-corrected chi connectivity index (χ2v) is 4.68. The molecule has 2 aromatic heterocycles. The molecule has 1 saturated heterocycles. The summed E-state index contributed by atoms with van der Waals surface area (Å²) >= 11 is 0. The minimum absolute atomic E-state index is 0.243. The maximum Gasteiger partial charge on any atom is 0.244 e. The van der Waals surface area contributed by atoms with Gasteiger partial charge >= 0.3 is 0 Å². The van der Waals surface area contributed by atoms with Gasteiger partial charge in [0, 0.05) is 17.8 Å². The predicted octanol–water partition coefficient (Wildman–Crippen LogP) is 1.91. The number of ether oxygens (including phenoxy) is 1. The highest BCUT2D eigenvalue weighted by Gasteiger charge is 2.27. The molecule has 0 spiro atoms. The molecule has 3 heterocycles. The fourth-order valence-electron chi connectivity index (χ4n) is 2.34. The minimum atomic E-state index is 0.243. The van der Waals surface area contributed by atoms with Crippen LogP contribution in [0.4, 0.5) is 0 Å². The van der Waals surface area contributed by atoms with Gasteiger partial charge in [-0.1, -0.05) is 5.16 Å². The lowest BCUT2D eigenvalue weighted by atomic mass is 10.2. The molecule has 1 aliphatic heterocycles. The van der Waals surface area contributed by atoms with Crippen LogP contribution in [0.25, 0.3) is 11.4 Å². The summed E-state index contributed by atoms with van der Waals surface area (Å²) in [6, 6.07) is 3.90. The van der Waals surface area contributed by atoms with Crippen LogP contribution in [-0.4, -0.2) is 40.7 Å². The van der Waals surface area contributed by atoms with Crippen molar-refractivity contribution in [2.75, 3.05) is 20.7 Å². The monoisotopic (exact) mass is 260 g/mol. The first-order chi connectivity index (χ1) is 9.28.